The summed E-state index contributed by atoms with van der Waals surface area (Å²) in [4.78, 5) is 0. The van der Waals surface area contributed by atoms with E-state index in [1.54, 1.807) is 26.7 Å². The first-order valence-electron chi connectivity index (χ1n) is 12.9. The average Bonchev–Trinajstić information content (AvgIpc) is 3.72. The van der Waals surface area contributed by atoms with Crippen LogP contribution in [0, 0.1) is 0 Å². The molecule has 0 spiro atoms. The van der Waals surface area contributed by atoms with Crippen molar-refractivity contribution >= 4 is 48.2 Å². The summed E-state index contributed by atoms with van der Waals surface area (Å²) in [5.41, 5.74) is 11.5. The molecule has 0 bridgehead atoms. The SMILES string of the molecule is C1=CC(c2ccsc2)=[C]([Zr](=[C](c2ccccc2)c2ccccc2)[c]2cccc3c2Cc2ccccc2-3)C1.Cl.Cl. The molecule has 2 aliphatic rings. The molecule has 4 heteroatoms. The van der Waals surface area contributed by atoms with Gasteiger partial charge in [0.05, 0.1) is 0 Å². The first-order valence-corrected chi connectivity index (χ1v) is 17.5. The fourth-order valence-electron chi connectivity index (χ4n) is 5.93. The van der Waals surface area contributed by atoms with Crippen LogP contribution < -0.4 is 3.27 Å². The van der Waals surface area contributed by atoms with Crippen molar-refractivity contribution < 1.29 is 21.3 Å². The molecule has 192 valence electrons. The van der Waals surface area contributed by atoms with Gasteiger partial charge in [0, 0.05) is 0 Å². The third kappa shape index (κ3) is 5.17. The van der Waals surface area contributed by atoms with Gasteiger partial charge in [0.1, 0.15) is 0 Å². The van der Waals surface area contributed by atoms with Crippen LogP contribution in [0.25, 0.3) is 16.7 Å². The minimum atomic E-state index is -2.69. The van der Waals surface area contributed by atoms with Crippen molar-refractivity contribution in [1.29, 1.82) is 0 Å². The maximum atomic E-state index is 2.47. The van der Waals surface area contributed by atoms with Crippen molar-refractivity contribution in [3.05, 3.63) is 163 Å². The quantitative estimate of drug-likeness (QED) is 0.176. The van der Waals surface area contributed by atoms with Crippen molar-refractivity contribution in [2.45, 2.75) is 12.8 Å². The van der Waals surface area contributed by atoms with Gasteiger partial charge >= 0.3 is 232 Å². The summed E-state index contributed by atoms with van der Waals surface area (Å²) in [6.07, 6.45) is 6.88. The number of benzene rings is 4. The maximum Gasteiger partial charge on any atom is -0.147 e. The maximum absolute atomic E-state index is 2.69. The fraction of sp³-hybridized carbons (Fsp3) is 0.0571. The van der Waals surface area contributed by atoms with E-state index in [9.17, 15) is 0 Å². The minimum absolute atomic E-state index is 0. The molecule has 0 atom stereocenters. The normalized spacial score (nSPS) is 12.8. The number of allylic oxidation sites excluding steroid dienone is 4. The summed E-state index contributed by atoms with van der Waals surface area (Å²) in [5.74, 6) is 0. The number of thiophene rings is 1. The fourth-order valence-corrected chi connectivity index (χ4v) is 15.0. The van der Waals surface area contributed by atoms with Crippen LogP contribution in [0.4, 0.5) is 0 Å². The van der Waals surface area contributed by atoms with E-state index in [1.165, 1.54) is 39.0 Å². The number of fused-ring (bicyclic) bond motifs is 3. The van der Waals surface area contributed by atoms with Crippen molar-refractivity contribution in [2.24, 2.45) is 0 Å². The van der Waals surface area contributed by atoms with Gasteiger partial charge in [-0.25, -0.2) is 0 Å². The first kappa shape index (κ1) is 27.9. The number of rotatable bonds is 5. The van der Waals surface area contributed by atoms with Gasteiger partial charge in [-0.05, 0) is 0 Å². The van der Waals surface area contributed by atoms with Gasteiger partial charge in [0.2, 0.25) is 0 Å². The van der Waals surface area contributed by atoms with Crippen LogP contribution in [0.2, 0.25) is 0 Å². The largest absolute Gasteiger partial charge is 0.147 e. The smallest absolute Gasteiger partial charge is 0.147 e. The Balaban J connectivity index is 0.00000154. The van der Waals surface area contributed by atoms with Crippen LogP contribution in [0.1, 0.15) is 34.2 Å². The minimum Gasteiger partial charge on any atom is -0.147 e. The van der Waals surface area contributed by atoms with Crippen molar-refractivity contribution in [1.82, 2.24) is 0 Å². The Kier molecular flexibility index (Phi) is 8.80. The summed E-state index contributed by atoms with van der Waals surface area (Å²) < 4.78 is 4.90. The predicted octanol–water partition coefficient (Wildman–Crippen LogP) is 9.05. The van der Waals surface area contributed by atoms with E-state index in [4.69, 9.17) is 0 Å². The van der Waals surface area contributed by atoms with E-state index in [2.05, 4.69) is 132 Å². The molecule has 4 aromatic carbocycles. The van der Waals surface area contributed by atoms with Crippen LogP contribution in [-0.4, -0.2) is 3.21 Å². The summed E-state index contributed by atoms with van der Waals surface area (Å²) in [7, 11) is 0. The van der Waals surface area contributed by atoms with Crippen LogP contribution in [0.5, 0.6) is 0 Å². The van der Waals surface area contributed by atoms with Crippen LogP contribution in [-0.2, 0) is 27.7 Å². The van der Waals surface area contributed by atoms with Gasteiger partial charge in [0.25, 0.3) is 0 Å². The van der Waals surface area contributed by atoms with E-state index in [0.717, 1.165) is 12.8 Å². The van der Waals surface area contributed by atoms with Gasteiger partial charge < -0.3 is 0 Å². The first-order chi connectivity index (χ1) is 18.4. The zero-order chi connectivity index (χ0) is 24.6. The molecule has 0 radical (unpaired) electrons. The number of halogens is 2. The molecule has 0 amide bonds. The van der Waals surface area contributed by atoms with E-state index < -0.39 is 21.3 Å². The Morgan fingerprint density at radius 2 is 1.33 bits per heavy atom. The van der Waals surface area contributed by atoms with Crippen molar-refractivity contribution in [3.8, 4) is 11.1 Å². The molecule has 39 heavy (non-hydrogen) atoms. The van der Waals surface area contributed by atoms with Crippen LogP contribution in [0.15, 0.2) is 135 Å². The van der Waals surface area contributed by atoms with Gasteiger partial charge in [-0.15, -0.1) is 24.8 Å². The zero-order valence-corrected chi connectivity index (χ0v) is 26.2. The van der Waals surface area contributed by atoms with Gasteiger partial charge in [-0.1, -0.05) is 0 Å². The molecule has 7 rings (SSSR count). The second-order valence-electron chi connectivity index (χ2n) is 9.66. The molecule has 0 saturated carbocycles. The van der Waals surface area contributed by atoms with Gasteiger partial charge in [-0.3, -0.25) is 0 Å². The second kappa shape index (κ2) is 12.3. The monoisotopic (exact) mass is 640 g/mol. The van der Waals surface area contributed by atoms with E-state index >= 15 is 0 Å². The number of hydrogen-bond acceptors (Lipinski definition) is 1. The zero-order valence-electron chi connectivity index (χ0n) is 21.3. The molecule has 0 fully saturated rings. The van der Waals surface area contributed by atoms with E-state index in [0.29, 0.717) is 0 Å². The Bertz CT molecular complexity index is 1660. The molecule has 2 aliphatic carbocycles. The summed E-state index contributed by atoms with van der Waals surface area (Å²) in [6.45, 7) is 0. The Hall–Kier alpha value is -2.61. The molecule has 0 nitrogen and oxygen atoms in total. The van der Waals surface area contributed by atoms with Gasteiger partial charge in [0.15, 0.2) is 0 Å². The Labute approximate surface area is 254 Å². The predicted molar refractivity (Wildman–Crippen MR) is 170 cm³/mol. The third-order valence-corrected chi connectivity index (χ3v) is 16.0. The third-order valence-electron chi connectivity index (χ3n) is 7.56. The van der Waals surface area contributed by atoms with Crippen LogP contribution >= 0.6 is 36.2 Å². The molecular formula is C35H28Cl2SZr. The molecule has 0 aliphatic heterocycles. The van der Waals surface area contributed by atoms with E-state index in [-0.39, 0.29) is 24.8 Å². The van der Waals surface area contributed by atoms with Crippen LogP contribution in [0.3, 0.4) is 0 Å². The molecule has 1 aromatic heterocycles. The summed E-state index contributed by atoms with van der Waals surface area (Å²) in [6, 6.07) is 40.8. The topological polar surface area (TPSA) is 0 Å². The second-order valence-corrected chi connectivity index (χ2v) is 16.3. The Morgan fingerprint density at radius 1 is 0.667 bits per heavy atom. The van der Waals surface area contributed by atoms with E-state index in [1.807, 2.05) is 0 Å². The summed E-state index contributed by atoms with van der Waals surface area (Å²) >= 11 is -0.892. The standard InChI is InChI=1S/C13H9.C13H10.C9H7S.2ClH.Zr/c1-3-7-12-10(5-1)9-11-6-2-4-8-13(11)12;1-3-7-12(8-4-1)11-13-9-5-2-6-10-13;1-2-4-8(3-1)9-5-6-10-7-9;;;/h1-5,7-8H,9H2;1-10H;1,3,5-7H,2H2;2*1H;. The molecule has 5 aromatic rings. The molecule has 0 saturated heterocycles. The van der Waals surface area contributed by atoms with Crippen molar-refractivity contribution in [3.63, 3.8) is 0 Å². The molecular weight excluding hydrogens is 615 g/mol. The Morgan fingerprint density at radius 3 is 2.03 bits per heavy atom. The van der Waals surface area contributed by atoms with Gasteiger partial charge in [-0.2, -0.15) is 0 Å². The molecule has 0 unspecified atom stereocenters. The summed E-state index contributed by atoms with van der Waals surface area (Å²) in [5, 5.41) is 4.53. The van der Waals surface area contributed by atoms with Crippen molar-refractivity contribution in [2.75, 3.05) is 0 Å². The number of hydrogen-bond donors (Lipinski definition) is 0. The molecule has 1 heterocycles. The molecule has 0 N–H and O–H groups in total. The average molecular weight is 643 g/mol.